The summed E-state index contributed by atoms with van der Waals surface area (Å²) in [6.07, 6.45) is 0.516. The van der Waals surface area contributed by atoms with Crippen molar-refractivity contribution in [2.24, 2.45) is 0 Å². The Balaban J connectivity index is 2.98. The topological polar surface area (TPSA) is 52.5 Å². The van der Waals surface area contributed by atoms with E-state index in [2.05, 4.69) is 5.32 Å². The van der Waals surface area contributed by atoms with Crippen LogP contribution in [0.2, 0.25) is 0 Å². The van der Waals surface area contributed by atoms with Crippen molar-refractivity contribution in [1.82, 2.24) is 0 Å². The Bertz CT molecular complexity index is 581. The summed E-state index contributed by atoms with van der Waals surface area (Å²) >= 11 is 0. The number of phenols is 2. The van der Waals surface area contributed by atoms with Crippen molar-refractivity contribution in [1.29, 1.82) is 0 Å². The van der Waals surface area contributed by atoms with E-state index in [-0.39, 0.29) is 11.5 Å². The number of benzene rings is 2. The van der Waals surface area contributed by atoms with Crippen LogP contribution in [0.25, 0.3) is 10.8 Å². The molecule has 2 aromatic carbocycles. The highest BCUT2D eigenvalue weighted by Crippen LogP contribution is 2.37. The molecule has 0 atom stereocenters. The van der Waals surface area contributed by atoms with Gasteiger partial charge in [-0.25, -0.2) is 4.39 Å². The quantitative estimate of drug-likeness (QED) is 0.750. The van der Waals surface area contributed by atoms with Crippen molar-refractivity contribution < 1.29 is 14.6 Å². The summed E-state index contributed by atoms with van der Waals surface area (Å²) in [4.78, 5) is 0. The van der Waals surface area contributed by atoms with Crippen molar-refractivity contribution in [3.63, 3.8) is 0 Å². The molecule has 0 saturated heterocycles. The zero-order valence-corrected chi connectivity index (χ0v) is 9.71. The average Bonchev–Trinajstić information content (AvgIpc) is 2.29. The Morgan fingerprint density at radius 3 is 2.53 bits per heavy atom. The van der Waals surface area contributed by atoms with Crippen LogP contribution >= 0.6 is 0 Å². The molecule has 0 aliphatic heterocycles. The van der Waals surface area contributed by atoms with Gasteiger partial charge in [0.1, 0.15) is 17.3 Å². The summed E-state index contributed by atoms with van der Waals surface area (Å²) in [6.45, 7) is 1.85. The minimum absolute atomic E-state index is 0.0332. The lowest BCUT2D eigenvalue weighted by molar-refractivity contribution is 0.468. The average molecular weight is 235 g/mol. The van der Waals surface area contributed by atoms with E-state index in [1.807, 2.05) is 6.92 Å². The van der Waals surface area contributed by atoms with Crippen LogP contribution in [0.15, 0.2) is 18.2 Å². The second-order valence-electron chi connectivity index (χ2n) is 3.88. The molecule has 4 heteroatoms. The van der Waals surface area contributed by atoms with Gasteiger partial charge in [0.15, 0.2) is 0 Å². The number of aryl methyl sites for hydroxylation is 1. The van der Waals surface area contributed by atoms with Gasteiger partial charge in [0.05, 0.1) is 0 Å². The van der Waals surface area contributed by atoms with Crippen LogP contribution in [0.4, 0.5) is 10.1 Å². The number of fused-ring (bicyclic) bond motifs is 1. The van der Waals surface area contributed by atoms with Gasteiger partial charge in [-0.2, -0.15) is 0 Å². The van der Waals surface area contributed by atoms with Gasteiger partial charge in [-0.1, -0.05) is 6.92 Å². The van der Waals surface area contributed by atoms with E-state index in [9.17, 15) is 14.6 Å². The molecule has 0 aliphatic carbocycles. The summed E-state index contributed by atoms with van der Waals surface area (Å²) in [5.74, 6) is -0.562. The fraction of sp³-hybridized carbons (Fsp3) is 0.231. The smallest absolute Gasteiger partial charge is 0.130 e. The fourth-order valence-corrected chi connectivity index (χ4v) is 2.10. The highest BCUT2D eigenvalue weighted by atomic mass is 19.1. The van der Waals surface area contributed by atoms with Crippen LogP contribution in [0.3, 0.4) is 0 Å². The van der Waals surface area contributed by atoms with Crippen molar-refractivity contribution >= 4 is 16.5 Å². The third-order valence-corrected chi connectivity index (χ3v) is 2.88. The standard InChI is InChI=1S/C13H14FNO2/c1-3-8-10(14)6-12(17)9-4-7(16)5-11(15-2)13(8)9/h4-6,15-17H,3H2,1-2H3. The maximum atomic E-state index is 13.7. The molecule has 17 heavy (non-hydrogen) atoms. The summed E-state index contributed by atoms with van der Waals surface area (Å²) < 4.78 is 13.7. The van der Waals surface area contributed by atoms with Gasteiger partial charge in [-0.15, -0.1) is 0 Å². The number of rotatable bonds is 2. The fourth-order valence-electron chi connectivity index (χ4n) is 2.10. The number of hydrogen-bond acceptors (Lipinski definition) is 3. The Hall–Kier alpha value is -1.97. The SMILES string of the molecule is CCc1c(F)cc(O)c2cc(O)cc(NC)c12. The number of aromatic hydroxyl groups is 2. The first-order valence-electron chi connectivity index (χ1n) is 5.43. The Labute approximate surface area is 98.5 Å². The van der Waals surface area contributed by atoms with Gasteiger partial charge in [-0.3, -0.25) is 0 Å². The lowest BCUT2D eigenvalue weighted by Gasteiger charge is -2.13. The lowest BCUT2D eigenvalue weighted by Crippen LogP contribution is -1.96. The minimum Gasteiger partial charge on any atom is -0.508 e. The summed E-state index contributed by atoms with van der Waals surface area (Å²) in [6, 6.07) is 4.03. The highest BCUT2D eigenvalue weighted by Gasteiger charge is 2.14. The van der Waals surface area contributed by atoms with E-state index < -0.39 is 5.82 Å². The van der Waals surface area contributed by atoms with Gasteiger partial charge in [0.2, 0.25) is 0 Å². The summed E-state index contributed by atoms with van der Waals surface area (Å²) in [5.41, 5.74) is 1.13. The molecular weight excluding hydrogens is 221 g/mol. The molecule has 0 unspecified atom stereocenters. The second-order valence-corrected chi connectivity index (χ2v) is 3.88. The van der Waals surface area contributed by atoms with Gasteiger partial charge < -0.3 is 15.5 Å². The molecular formula is C13H14FNO2. The molecule has 0 spiro atoms. The van der Waals surface area contributed by atoms with E-state index in [0.717, 1.165) is 6.07 Å². The number of halogens is 1. The zero-order chi connectivity index (χ0) is 12.6. The van der Waals surface area contributed by atoms with Gasteiger partial charge in [-0.05, 0) is 18.1 Å². The van der Waals surface area contributed by atoms with Crippen LogP contribution < -0.4 is 5.32 Å². The maximum absolute atomic E-state index is 13.7. The molecule has 0 radical (unpaired) electrons. The van der Waals surface area contributed by atoms with Gasteiger partial charge >= 0.3 is 0 Å². The second kappa shape index (κ2) is 4.13. The van der Waals surface area contributed by atoms with Crippen LogP contribution in [0, 0.1) is 5.82 Å². The minimum atomic E-state index is -0.431. The van der Waals surface area contributed by atoms with Crippen LogP contribution in [0.1, 0.15) is 12.5 Å². The van der Waals surface area contributed by atoms with Crippen molar-refractivity contribution in [2.45, 2.75) is 13.3 Å². The predicted molar refractivity (Wildman–Crippen MR) is 66.2 cm³/mol. The number of nitrogens with one attached hydrogen (secondary N) is 1. The van der Waals surface area contributed by atoms with Crippen molar-refractivity contribution in [2.75, 3.05) is 12.4 Å². The molecule has 0 amide bonds. The summed E-state index contributed by atoms with van der Waals surface area (Å²) in [7, 11) is 1.69. The Morgan fingerprint density at radius 1 is 1.24 bits per heavy atom. The van der Waals surface area contributed by atoms with E-state index in [4.69, 9.17) is 0 Å². The molecule has 0 aromatic heterocycles. The first-order valence-corrected chi connectivity index (χ1v) is 5.43. The molecule has 0 heterocycles. The summed E-state index contributed by atoms with van der Waals surface area (Å²) in [5, 5.41) is 23.3. The van der Waals surface area contributed by atoms with Gasteiger partial charge in [0.25, 0.3) is 0 Å². The lowest BCUT2D eigenvalue weighted by atomic mass is 9.99. The molecule has 90 valence electrons. The predicted octanol–water partition coefficient (Wildman–Crippen LogP) is 2.99. The Kier molecular flexibility index (Phi) is 2.79. The normalized spacial score (nSPS) is 10.8. The first kappa shape index (κ1) is 11.5. The molecule has 2 rings (SSSR count). The van der Waals surface area contributed by atoms with Crippen LogP contribution in [0.5, 0.6) is 11.5 Å². The zero-order valence-electron chi connectivity index (χ0n) is 9.71. The van der Waals surface area contributed by atoms with Crippen LogP contribution in [-0.4, -0.2) is 17.3 Å². The van der Waals surface area contributed by atoms with E-state index in [1.54, 1.807) is 7.05 Å². The Morgan fingerprint density at radius 2 is 1.94 bits per heavy atom. The molecule has 3 nitrogen and oxygen atoms in total. The third kappa shape index (κ3) is 1.75. The third-order valence-electron chi connectivity index (χ3n) is 2.88. The van der Waals surface area contributed by atoms with Gasteiger partial charge in [0, 0.05) is 35.6 Å². The van der Waals surface area contributed by atoms with E-state index in [1.165, 1.54) is 12.1 Å². The molecule has 3 N–H and O–H groups in total. The van der Waals surface area contributed by atoms with E-state index >= 15 is 0 Å². The molecule has 0 fully saturated rings. The molecule has 2 aromatic rings. The molecule has 0 aliphatic rings. The van der Waals surface area contributed by atoms with Crippen LogP contribution in [-0.2, 0) is 6.42 Å². The highest BCUT2D eigenvalue weighted by molar-refractivity contribution is 6.01. The number of phenolic OH excluding ortho intramolecular Hbond substituents is 2. The van der Waals surface area contributed by atoms with Crippen molar-refractivity contribution in [3.8, 4) is 11.5 Å². The number of hydrogen-bond donors (Lipinski definition) is 3. The first-order chi connectivity index (χ1) is 8.08. The molecule has 0 saturated carbocycles. The molecule has 0 bridgehead atoms. The number of anilines is 1. The van der Waals surface area contributed by atoms with E-state index in [0.29, 0.717) is 28.4 Å². The monoisotopic (exact) mass is 235 g/mol. The van der Waals surface area contributed by atoms with Crippen molar-refractivity contribution in [3.05, 3.63) is 29.6 Å². The maximum Gasteiger partial charge on any atom is 0.130 e. The largest absolute Gasteiger partial charge is 0.508 e.